The van der Waals surface area contributed by atoms with Crippen LogP contribution in [0.4, 0.5) is 0 Å². The summed E-state index contributed by atoms with van der Waals surface area (Å²) >= 11 is 0. The Bertz CT molecular complexity index is 820. The van der Waals surface area contributed by atoms with Gasteiger partial charge in [0.15, 0.2) is 0 Å². The molecule has 0 bridgehead atoms. The van der Waals surface area contributed by atoms with Crippen LogP contribution in [0.5, 0.6) is 0 Å². The van der Waals surface area contributed by atoms with Gasteiger partial charge < -0.3 is 5.32 Å². The third kappa shape index (κ3) is 3.18. The highest BCUT2D eigenvalue weighted by molar-refractivity contribution is 7.89. The van der Waals surface area contributed by atoms with Crippen LogP contribution in [0.15, 0.2) is 41.6 Å². The van der Waals surface area contributed by atoms with E-state index in [9.17, 15) is 8.42 Å². The van der Waals surface area contributed by atoms with Crippen molar-refractivity contribution in [2.45, 2.75) is 36.6 Å². The van der Waals surface area contributed by atoms with Crippen LogP contribution in [0.1, 0.15) is 25.7 Å². The van der Waals surface area contributed by atoms with Gasteiger partial charge in [-0.15, -0.1) is 0 Å². The zero-order chi connectivity index (χ0) is 16.6. The fourth-order valence-electron chi connectivity index (χ4n) is 3.41. The molecule has 1 aliphatic heterocycles. The lowest BCUT2D eigenvalue weighted by Gasteiger charge is -2.32. The van der Waals surface area contributed by atoms with Gasteiger partial charge in [-0.05, 0) is 50.3 Å². The molecule has 0 amide bonds. The summed E-state index contributed by atoms with van der Waals surface area (Å²) in [6, 6.07) is 7.63. The normalized spacial score (nSPS) is 20.5. The number of pyridine rings is 1. The summed E-state index contributed by atoms with van der Waals surface area (Å²) in [4.78, 5) is 4.48. The molecule has 5 nitrogen and oxygen atoms in total. The maximum atomic E-state index is 13.1. The second kappa shape index (κ2) is 6.43. The molecule has 128 valence electrons. The molecule has 1 aromatic carbocycles. The Balaban J connectivity index is 1.50. The Hall–Kier alpha value is -1.50. The topological polar surface area (TPSA) is 62.3 Å². The predicted octanol–water partition coefficient (Wildman–Crippen LogP) is 2.39. The Morgan fingerprint density at radius 2 is 1.92 bits per heavy atom. The van der Waals surface area contributed by atoms with Crippen molar-refractivity contribution in [1.82, 2.24) is 14.6 Å². The Kier molecular flexibility index (Phi) is 4.28. The number of nitrogens with zero attached hydrogens (tertiary/aromatic N) is 2. The number of fused-ring (bicyclic) bond motifs is 1. The van der Waals surface area contributed by atoms with Gasteiger partial charge in [-0.2, -0.15) is 4.31 Å². The van der Waals surface area contributed by atoms with Crippen molar-refractivity contribution in [1.29, 1.82) is 0 Å². The van der Waals surface area contributed by atoms with Crippen molar-refractivity contribution in [2.75, 3.05) is 19.6 Å². The van der Waals surface area contributed by atoms with Gasteiger partial charge in [0, 0.05) is 42.3 Å². The van der Waals surface area contributed by atoms with E-state index in [-0.39, 0.29) is 0 Å². The lowest BCUT2D eigenvalue weighted by Crippen LogP contribution is -2.45. The predicted molar refractivity (Wildman–Crippen MR) is 94.3 cm³/mol. The van der Waals surface area contributed by atoms with Gasteiger partial charge in [0.1, 0.15) is 0 Å². The van der Waals surface area contributed by atoms with Crippen molar-refractivity contribution < 1.29 is 8.42 Å². The fraction of sp³-hybridized carbons (Fsp3) is 0.500. The average Bonchev–Trinajstić information content (AvgIpc) is 3.44. The summed E-state index contributed by atoms with van der Waals surface area (Å²) in [5.74, 6) is 0.857. The molecule has 1 saturated heterocycles. The highest BCUT2D eigenvalue weighted by Gasteiger charge is 2.31. The van der Waals surface area contributed by atoms with E-state index in [0.29, 0.717) is 24.0 Å². The number of sulfonamides is 1. The number of nitrogens with one attached hydrogen (secondary N) is 1. The Morgan fingerprint density at radius 1 is 1.12 bits per heavy atom. The minimum atomic E-state index is -3.45. The molecule has 0 spiro atoms. The van der Waals surface area contributed by atoms with E-state index < -0.39 is 10.0 Å². The smallest absolute Gasteiger partial charge is 0.243 e. The lowest BCUT2D eigenvalue weighted by molar-refractivity contribution is 0.288. The molecular formula is C18H23N3O2S. The van der Waals surface area contributed by atoms with Crippen LogP contribution in [0, 0.1) is 5.92 Å². The summed E-state index contributed by atoms with van der Waals surface area (Å²) in [5, 5.41) is 5.21. The second-order valence-corrected chi connectivity index (χ2v) is 8.79. The average molecular weight is 345 g/mol. The first-order valence-electron chi connectivity index (χ1n) is 8.71. The van der Waals surface area contributed by atoms with Gasteiger partial charge >= 0.3 is 0 Å². The van der Waals surface area contributed by atoms with Crippen LogP contribution in [0.2, 0.25) is 0 Å². The van der Waals surface area contributed by atoms with Gasteiger partial charge in [-0.25, -0.2) is 8.42 Å². The first-order chi connectivity index (χ1) is 11.6. The molecule has 4 rings (SSSR count). The number of hydrogen-bond donors (Lipinski definition) is 1. The van der Waals surface area contributed by atoms with Crippen LogP contribution in [-0.2, 0) is 10.0 Å². The van der Waals surface area contributed by atoms with E-state index >= 15 is 0 Å². The number of hydrogen-bond acceptors (Lipinski definition) is 4. The minimum absolute atomic E-state index is 0.395. The second-order valence-electron chi connectivity index (χ2n) is 6.88. The third-order valence-electron chi connectivity index (χ3n) is 5.10. The standard InChI is InChI=1S/C18H23N3O2S/c22-24(23,18-3-1-2-15-13-19-9-6-17(15)18)21-10-7-16(8-11-21)20-12-14-4-5-14/h1-3,6,9,13-14,16,20H,4-5,7-8,10-12H2. The number of piperidine rings is 1. The summed E-state index contributed by atoms with van der Waals surface area (Å²) in [6.07, 6.45) is 7.82. The lowest BCUT2D eigenvalue weighted by atomic mass is 10.1. The SMILES string of the molecule is O=S(=O)(c1cccc2cnccc12)N1CCC(NCC2CC2)CC1. The maximum Gasteiger partial charge on any atom is 0.243 e. The maximum absolute atomic E-state index is 13.1. The summed E-state index contributed by atoms with van der Waals surface area (Å²) < 4.78 is 27.8. The van der Waals surface area contributed by atoms with E-state index in [1.807, 2.05) is 6.07 Å². The van der Waals surface area contributed by atoms with Gasteiger partial charge in [-0.1, -0.05) is 12.1 Å². The van der Waals surface area contributed by atoms with Gasteiger partial charge in [0.25, 0.3) is 0 Å². The van der Waals surface area contributed by atoms with E-state index in [0.717, 1.165) is 36.1 Å². The van der Waals surface area contributed by atoms with E-state index in [1.165, 1.54) is 12.8 Å². The summed E-state index contributed by atoms with van der Waals surface area (Å²) in [7, 11) is -3.45. The van der Waals surface area contributed by atoms with E-state index in [4.69, 9.17) is 0 Å². The highest BCUT2D eigenvalue weighted by Crippen LogP contribution is 2.29. The molecule has 24 heavy (non-hydrogen) atoms. The largest absolute Gasteiger partial charge is 0.314 e. The van der Waals surface area contributed by atoms with Crippen molar-refractivity contribution in [2.24, 2.45) is 5.92 Å². The molecule has 2 heterocycles. The van der Waals surface area contributed by atoms with Crippen LogP contribution >= 0.6 is 0 Å². The monoisotopic (exact) mass is 345 g/mol. The Morgan fingerprint density at radius 3 is 2.67 bits per heavy atom. The van der Waals surface area contributed by atoms with Crippen molar-refractivity contribution >= 4 is 20.8 Å². The Labute approximate surface area is 143 Å². The van der Waals surface area contributed by atoms with E-state index in [2.05, 4.69) is 10.3 Å². The van der Waals surface area contributed by atoms with Crippen LogP contribution < -0.4 is 5.32 Å². The molecule has 0 atom stereocenters. The molecule has 1 saturated carbocycles. The first-order valence-corrected chi connectivity index (χ1v) is 10.1. The zero-order valence-corrected chi connectivity index (χ0v) is 14.5. The highest BCUT2D eigenvalue weighted by atomic mass is 32.2. The van der Waals surface area contributed by atoms with Crippen molar-refractivity contribution in [3.63, 3.8) is 0 Å². The first kappa shape index (κ1) is 16.0. The van der Waals surface area contributed by atoms with Crippen LogP contribution in [-0.4, -0.2) is 43.4 Å². The van der Waals surface area contributed by atoms with Gasteiger partial charge in [0.05, 0.1) is 4.90 Å². The minimum Gasteiger partial charge on any atom is -0.314 e. The van der Waals surface area contributed by atoms with Crippen molar-refractivity contribution in [3.05, 3.63) is 36.7 Å². The van der Waals surface area contributed by atoms with Gasteiger partial charge in [0.2, 0.25) is 10.0 Å². The third-order valence-corrected chi connectivity index (χ3v) is 7.06. The number of rotatable bonds is 5. The molecule has 6 heteroatoms. The summed E-state index contributed by atoms with van der Waals surface area (Å²) in [5.41, 5.74) is 0. The molecular weight excluding hydrogens is 322 g/mol. The van der Waals surface area contributed by atoms with Crippen LogP contribution in [0.3, 0.4) is 0 Å². The molecule has 1 aromatic heterocycles. The summed E-state index contributed by atoms with van der Waals surface area (Å²) in [6.45, 7) is 2.27. The van der Waals surface area contributed by atoms with Crippen LogP contribution in [0.25, 0.3) is 10.8 Å². The molecule has 0 unspecified atom stereocenters. The molecule has 2 aliphatic rings. The van der Waals surface area contributed by atoms with E-state index in [1.54, 1.807) is 34.9 Å². The fourth-order valence-corrected chi connectivity index (χ4v) is 5.10. The molecule has 1 aliphatic carbocycles. The number of aromatic nitrogens is 1. The molecule has 1 N–H and O–H groups in total. The zero-order valence-electron chi connectivity index (χ0n) is 13.7. The van der Waals surface area contributed by atoms with Crippen molar-refractivity contribution in [3.8, 4) is 0 Å². The van der Waals surface area contributed by atoms with Gasteiger partial charge in [-0.3, -0.25) is 4.98 Å². The quantitative estimate of drug-likeness (QED) is 0.904. The molecule has 0 radical (unpaired) electrons. The molecule has 2 aromatic rings. The number of benzene rings is 1. The molecule has 2 fully saturated rings.